The molecule has 0 aliphatic heterocycles. The van der Waals surface area contributed by atoms with Gasteiger partial charge in [0.2, 0.25) is 0 Å². The predicted octanol–water partition coefficient (Wildman–Crippen LogP) is 4.97. The van der Waals surface area contributed by atoms with Crippen LogP contribution in [-0.2, 0) is 14.3 Å². The molecular weight excluding hydrogens is 384 g/mol. The maximum atomic E-state index is 12.4. The summed E-state index contributed by atoms with van der Waals surface area (Å²) in [6, 6.07) is 3.74. The number of hydrogen-bond donors (Lipinski definition) is 1. The van der Waals surface area contributed by atoms with Crippen LogP contribution in [0.25, 0.3) is 0 Å². The van der Waals surface area contributed by atoms with Gasteiger partial charge in [-0.25, -0.2) is 0 Å². The molecule has 1 fully saturated rings. The fraction of sp³-hybridized carbons (Fsp3) is 0.600. The van der Waals surface area contributed by atoms with Crippen molar-refractivity contribution in [3.8, 4) is 0 Å². The molecule has 28 heavy (non-hydrogen) atoms. The minimum atomic E-state index is -0.987. The van der Waals surface area contributed by atoms with Crippen molar-refractivity contribution in [1.29, 1.82) is 0 Å². The number of nitro benzene ring substituents is 1. The number of ether oxygens (including phenoxy) is 1. The van der Waals surface area contributed by atoms with Crippen LogP contribution in [-0.4, -0.2) is 22.9 Å². The summed E-state index contributed by atoms with van der Waals surface area (Å²) < 4.78 is 5.34. The van der Waals surface area contributed by atoms with Crippen molar-refractivity contribution in [2.75, 3.05) is 5.32 Å². The van der Waals surface area contributed by atoms with Crippen LogP contribution in [0.3, 0.4) is 0 Å². The third kappa shape index (κ3) is 5.67. The maximum absolute atomic E-state index is 12.4. The van der Waals surface area contributed by atoms with E-state index < -0.39 is 16.9 Å². The van der Waals surface area contributed by atoms with Gasteiger partial charge >= 0.3 is 5.97 Å². The quantitative estimate of drug-likeness (QED) is 0.419. The first-order valence-corrected chi connectivity index (χ1v) is 9.82. The molecule has 154 valence electrons. The number of carbonyl (C=O) groups is 2. The Bertz CT molecular complexity index is 751. The van der Waals surface area contributed by atoms with Crippen LogP contribution in [0.2, 0.25) is 5.02 Å². The van der Waals surface area contributed by atoms with Crippen LogP contribution >= 0.6 is 11.6 Å². The Labute approximate surface area is 169 Å². The summed E-state index contributed by atoms with van der Waals surface area (Å²) in [6.45, 7) is 8.14. The second-order valence-electron chi connectivity index (χ2n) is 8.40. The Hall–Kier alpha value is -2.15. The highest BCUT2D eigenvalue weighted by atomic mass is 35.5. The van der Waals surface area contributed by atoms with E-state index in [1.54, 1.807) is 0 Å². The van der Waals surface area contributed by atoms with Crippen LogP contribution in [0.5, 0.6) is 0 Å². The molecule has 7 nitrogen and oxygen atoms in total. The SMILES string of the molecule is C[C@H](OC(=O)C1CCC(C(C)(C)C)CC1)C(=O)Nc1ccc([N+](=O)[O-])cc1Cl. The van der Waals surface area contributed by atoms with Gasteiger partial charge < -0.3 is 10.1 Å². The minimum absolute atomic E-state index is 0.0431. The molecule has 0 radical (unpaired) electrons. The van der Waals surface area contributed by atoms with E-state index in [9.17, 15) is 19.7 Å². The largest absolute Gasteiger partial charge is 0.452 e. The molecule has 0 aromatic heterocycles. The highest BCUT2D eigenvalue weighted by Gasteiger charge is 2.34. The molecule has 1 amide bonds. The van der Waals surface area contributed by atoms with Gasteiger partial charge in [-0.15, -0.1) is 0 Å². The van der Waals surface area contributed by atoms with Gasteiger partial charge in [-0.2, -0.15) is 0 Å². The number of halogens is 1. The number of hydrogen-bond acceptors (Lipinski definition) is 5. The Morgan fingerprint density at radius 2 is 1.86 bits per heavy atom. The molecule has 0 bridgehead atoms. The van der Waals surface area contributed by atoms with E-state index in [0.717, 1.165) is 31.7 Å². The smallest absolute Gasteiger partial charge is 0.309 e. The topological polar surface area (TPSA) is 98.5 Å². The number of nitrogens with one attached hydrogen (secondary N) is 1. The molecule has 1 aliphatic rings. The van der Waals surface area contributed by atoms with Crippen LogP contribution in [0.4, 0.5) is 11.4 Å². The molecule has 1 atom stereocenters. The number of nitro groups is 1. The van der Waals surface area contributed by atoms with E-state index in [2.05, 4.69) is 26.1 Å². The standard InChI is InChI=1S/C20H27ClN2O5/c1-12(18(24)22-17-10-9-15(23(26)27)11-16(17)21)28-19(25)13-5-7-14(8-6-13)20(2,3)4/h9-14H,5-8H2,1-4H3,(H,22,24)/t12-,13?,14?/m0/s1. The van der Waals surface area contributed by atoms with Crippen molar-refractivity contribution >= 4 is 34.9 Å². The molecule has 1 aliphatic carbocycles. The minimum Gasteiger partial charge on any atom is -0.452 e. The van der Waals surface area contributed by atoms with Crippen LogP contribution in [0.1, 0.15) is 53.4 Å². The molecule has 1 N–H and O–H groups in total. The number of carbonyl (C=O) groups excluding carboxylic acids is 2. The Balaban J connectivity index is 1.89. The molecule has 1 aromatic rings. The molecular formula is C20H27ClN2O5. The molecule has 1 aromatic carbocycles. The lowest BCUT2D eigenvalue weighted by atomic mass is 9.70. The van der Waals surface area contributed by atoms with Gasteiger partial charge in [0, 0.05) is 12.1 Å². The third-order valence-electron chi connectivity index (χ3n) is 5.37. The first kappa shape index (κ1) is 22.1. The maximum Gasteiger partial charge on any atom is 0.309 e. The van der Waals surface area contributed by atoms with Crippen molar-refractivity contribution in [3.05, 3.63) is 33.3 Å². The molecule has 0 unspecified atom stereocenters. The lowest BCUT2D eigenvalue weighted by molar-refractivity contribution is -0.384. The lowest BCUT2D eigenvalue weighted by Crippen LogP contribution is -2.34. The zero-order chi connectivity index (χ0) is 21.1. The third-order valence-corrected chi connectivity index (χ3v) is 5.68. The monoisotopic (exact) mass is 410 g/mol. The fourth-order valence-corrected chi connectivity index (χ4v) is 3.69. The summed E-state index contributed by atoms with van der Waals surface area (Å²) in [6.07, 6.45) is 2.50. The van der Waals surface area contributed by atoms with Crippen molar-refractivity contribution in [2.24, 2.45) is 17.3 Å². The van der Waals surface area contributed by atoms with E-state index in [1.165, 1.54) is 19.1 Å². The highest BCUT2D eigenvalue weighted by Crippen LogP contribution is 2.40. The Kier molecular flexibility index (Phi) is 7.04. The number of rotatable bonds is 5. The number of non-ortho nitro benzene ring substituents is 1. The first-order valence-electron chi connectivity index (χ1n) is 9.44. The molecule has 8 heteroatoms. The van der Waals surface area contributed by atoms with Gasteiger partial charge in [0.15, 0.2) is 6.10 Å². The van der Waals surface area contributed by atoms with E-state index in [1.807, 2.05) is 0 Å². The van der Waals surface area contributed by atoms with E-state index in [4.69, 9.17) is 16.3 Å². The summed E-state index contributed by atoms with van der Waals surface area (Å²) in [5.74, 6) is -0.490. The molecule has 0 spiro atoms. The molecule has 2 rings (SSSR count). The van der Waals surface area contributed by atoms with E-state index in [-0.39, 0.29) is 33.7 Å². The van der Waals surface area contributed by atoms with Crippen molar-refractivity contribution < 1.29 is 19.2 Å². The van der Waals surface area contributed by atoms with Crippen LogP contribution in [0.15, 0.2) is 18.2 Å². The normalized spacial score (nSPS) is 20.9. The van der Waals surface area contributed by atoms with E-state index >= 15 is 0 Å². The number of nitrogens with zero attached hydrogens (tertiary/aromatic N) is 1. The number of esters is 1. The van der Waals surface area contributed by atoms with Gasteiger partial charge in [-0.05, 0) is 50.0 Å². The first-order chi connectivity index (χ1) is 13.0. The summed E-state index contributed by atoms with van der Waals surface area (Å²) in [5, 5.41) is 13.3. The average Bonchev–Trinajstić information content (AvgIpc) is 2.62. The van der Waals surface area contributed by atoms with Crippen molar-refractivity contribution in [1.82, 2.24) is 0 Å². The zero-order valence-corrected chi connectivity index (χ0v) is 17.4. The van der Waals surface area contributed by atoms with Crippen molar-refractivity contribution in [2.45, 2.75) is 59.5 Å². The van der Waals surface area contributed by atoms with Gasteiger partial charge in [0.25, 0.3) is 11.6 Å². The summed E-state index contributed by atoms with van der Waals surface area (Å²) in [7, 11) is 0. The van der Waals surface area contributed by atoms with Gasteiger partial charge in [-0.1, -0.05) is 32.4 Å². The van der Waals surface area contributed by atoms with Crippen molar-refractivity contribution in [3.63, 3.8) is 0 Å². The average molecular weight is 411 g/mol. The summed E-state index contributed by atoms with van der Waals surface area (Å²) in [5.41, 5.74) is 0.283. The second-order valence-corrected chi connectivity index (χ2v) is 8.81. The number of benzene rings is 1. The second kappa shape index (κ2) is 8.90. The summed E-state index contributed by atoms with van der Waals surface area (Å²) >= 11 is 5.97. The summed E-state index contributed by atoms with van der Waals surface area (Å²) in [4.78, 5) is 34.9. The number of amides is 1. The number of anilines is 1. The Morgan fingerprint density at radius 1 is 1.25 bits per heavy atom. The molecule has 1 saturated carbocycles. The van der Waals surface area contributed by atoms with Gasteiger partial charge in [0.05, 0.1) is 21.6 Å². The van der Waals surface area contributed by atoms with Crippen LogP contribution in [0, 0.1) is 27.4 Å². The Morgan fingerprint density at radius 3 is 2.36 bits per heavy atom. The van der Waals surface area contributed by atoms with Gasteiger partial charge in [0.1, 0.15) is 0 Å². The lowest BCUT2D eigenvalue weighted by Gasteiger charge is -2.36. The predicted molar refractivity (Wildman–Crippen MR) is 107 cm³/mol. The van der Waals surface area contributed by atoms with E-state index in [0.29, 0.717) is 5.92 Å². The highest BCUT2D eigenvalue weighted by molar-refractivity contribution is 6.34. The zero-order valence-electron chi connectivity index (χ0n) is 16.7. The van der Waals surface area contributed by atoms with Gasteiger partial charge in [-0.3, -0.25) is 19.7 Å². The molecule has 0 saturated heterocycles. The fourth-order valence-electron chi connectivity index (χ4n) is 3.47. The van der Waals surface area contributed by atoms with Crippen LogP contribution < -0.4 is 5.32 Å². The molecule has 0 heterocycles.